The number of fused-ring (bicyclic) bond motifs is 1. The quantitative estimate of drug-likeness (QED) is 0.458. The smallest absolute Gasteiger partial charge is 0.264 e. The number of rotatable bonds is 9. The van der Waals surface area contributed by atoms with E-state index in [1.165, 1.54) is 37.5 Å². The van der Waals surface area contributed by atoms with Crippen molar-refractivity contribution in [1.29, 1.82) is 0 Å². The Bertz CT molecular complexity index is 1350. The van der Waals surface area contributed by atoms with Crippen LogP contribution in [0.25, 0.3) is 0 Å². The minimum Gasteiger partial charge on any atom is -0.497 e. The summed E-state index contributed by atoms with van der Waals surface area (Å²) in [4.78, 5) is 13.3. The lowest BCUT2D eigenvalue weighted by Gasteiger charge is -2.27. The number of anilines is 1. The molecule has 8 heteroatoms. The average molecular weight is 509 g/mol. The molecule has 0 radical (unpaired) electrons. The Morgan fingerprint density at radius 2 is 1.69 bits per heavy atom. The maximum absolute atomic E-state index is 13.8. The Labute approximate surface area is 213 Å². The highest BCUT2D eigenvalue weighted by atomic mass is 32.2. The molecule has 1 atom stereocenters. The van der Waals surface area contributed by atoms with Gasteiger partial charge in [0.2, 0.25) is 5.91 Å². The number of aryl methyl sites for hydroxylation is 3. The van der Waals surface area contributed by atoms with Crippen LogP contribution in [0.5, 0.6) is 11.5 Å². The molecule has 0 bridgehead atoms. The van der Waals surface area contributed by atoms with Crippen LogP contribution in [-0.2, 0) is 27.7 Å². The third kappa shape index (κ3) is 5.33. The first-order chi connectivity index (χ1) is 17.2. The van der Waals surface area contributed by atoms with Gasteiger partial charge in [0.15, 0.2) is 0 Å². The largest absolute Gasteiger partial charge is 0.497 e. The van der Waals surface area contributed by atoms with Crippen LogP contribution in [0, 0.1) is 6.92 Å². The van der Waals surface area contributed by atoms with Crippen LogP contribution in [0.15, 0.2) is 65.6 Å². The fourth-order valence-corrected chi connectivity index (χ4v) is 5.91. The zero-order valence-electron chi connectivity index (χ0n) is 21.1. The molecule has 0 aromatic heterocycles. The van der Waals surface area contributed by atoms with Gasteiger partial charge in [-0.2, -0.15) is 0 Å². The Morgan fingerprint density at radius 1 is 0.972 bits per heavy atom. The molecule has 0 saturated carbocycles. The summed E-state index contributed by atoms with van der Waals surface area (Å²) in [6, 6.07) is 17.4. The molecule has 4 rings (SSSR count). The van der Waals surface area contributed by atoms with Crippen molar-refractivity contribution in [3.63, 3.8) is 0 Å². The van der Waals surface area contributed by atoms with Crippen molar-refractivity contribution in [3.8, 4) is 11.5 Å². The molecule has 190 valence electrons. The molecule has 0 aliphatic heterocycles. The van der Waals surface area contributed by atoms with Crippen molar-refractivity contribution in [3.05, 3.63) is 82.9 Å². The number of nitrogens with zero attached hydrogens (tertiary/aromatic N) is 1. The summed E-state index contributed by atoms with van der Waals surface area (Å²) in [5, 5.41) is 2.97. The lowest BCUT2D eigenvalue weighted by Crippen LogP contribution is -2.41. The molecular weight excluding hydrogens is 476 g/mol. The lowest BCUT2D eigenvalue weighted by atomic mass is 10.0. The maximum Gasteiger partial charge on any atom is 0.264 e. The molecule has 36 heavy (non-hydrogen) atoms. The highest BCUT2D eigenvalue weighted by molar-refractivity contribution is 7.92. The Kier molecular flexibility index (Phi) is 7.54. The van der Waals surface area contributed by atoms with Crippen molar-refractivity contribution < 1.29 is 22.7 Å². The number of carbonyl (C=O) groups excluding carboxylic acids is 1. The second kappa shape index (κ2) is 10.6. The Hall–Kier alpha value is -3.52. The number of amides is 1. The van der Waals surface area contributed by atoms with Crippen molar-refractivity contribution in [2.75, 3.05) is 25.1 Å². The van der Waals surface area contributed by atoms with Crippen LogP contribution < -0.4 is 19.1 Å². The number of benzene rings is 3. The van der Waals surface area contributed by atoms with E-state index in [4.69, 9.17) is 9.47 Å². The van der Waals surface area contributed by atoms with E-state index >= 15 is 0 Å². The summed E-state index contributed by atoms with van der Waals surface area (Å²) in [7, 11) is -1.14. The van der Waals surface area contributed by atoms with Crippen LogP contribution in [0.1, 0.15) is 41.6 Å². The standard InChI is InChI=1S/C28H32N2O5S/c1-19-8-13-25(14-9-19)36(32,33)30(26-17-24(34-3)12-15-27(26)35-4)18-28(31)29-20(2)22-11-10-21-6-5-7-23(21)16-22/h8-17,20H,5-7,18H2,1-4H3,(H,29,31)/t20-/m1/s1. The normalized spacial score (nSPS) is 13.6. The predicted molar refractivity (Wildman–Crippen MR) is 140 cm³/mol. The monoisotopic (exact) mass is 508 g/mol. The first-order valence-corrected chi connectivity index (χ1v) is 13.4. The molecule has 0 spiro atoms. The number of ether oxygens (including phenoxy) is 2. The lowest BCUT2D eigenvalue weighted by molar-refractivity contribution is -0.120. The van der Waals surface area contributed by atoms with Gasteiger partial charge in [0, 0.05) is 6.07 Å². The van der Waals surface area contributed by atoms with Crippen molar-refractivity contribution in [2.24, 2.45) is 0 Å². The molecule has 7 nitrogen and oxygen atoms in total. The third-order valence-electron chi connectivity index (χ3n) is 6.55. The summed E-state index contributed by atoms with van der Waals surface area (Å²) in [6.45, 7) is 3.36. The fraction of sp³-hybridized carbons (Fsp3) is 0.321. The number of carbonyl (C=O) groups is 1. The van der Waals surface area contributed by atoms with Crippen LogP contribution >= 0.6 is 0 Å². The van der Waals surface area contributed by atoms with Gasteiger partial charge in [0.05, 0.1) is 30.8 Å². The molecule has 0 saturated heterocycles. The number of nitrogens with one attached hydrogen (secondary N) is 1. The third-order valence-corrected chi connectivity index (χ3v) is 8.32. The van der Waals surface area contributed by atoms with E-state index in [9.17, 15) is 13.2 Å². The SMILES string of the molecule is COc1ccc(OC)c(N(CC(=O)N[C@H](C)c2ccc3c(c2)CCC3)S(=O)(=O)c2ccc(C)cc2)c1. The Morgan fingerprint density at radius 3 is 2.39 bits per heavy atom. The highest BCUT2D eigenvalue weighted by Gasteiger charge is 2.30. The molecule has 3 aromatic rings. The van der Waals surface area contributed by atoms with E-state index in [0.29, 0.717) is 11.5 Å². The highest BCUT2D eigenvalue weighted by Crippen LogP contribution is 2.36. The molecule has 1 aliphatic carbocycles. The van der Waals surface area contributed by atoms with E-state index in [-0.39, 0.29) is 16.6 Å². The Balaban J connectivity index is 1.66. The average Bonchev–Trinajstić information content (AvgIpc) is 3.35. The van der Waals surface area contributed by atoms with Crippen LogP contribution in [0.4, 0.5) is 5.69 Å². The molecular formula is C28H32N2O5S. The summed E-state index contributed by atoms with van der Waals surface area (Å²) >= 11 is 0. The van der Waals surface area contributed by atoms with Gasteiger partial charge in [-0.1, -0.05) is 35.9 Å². The summed E-state index contributed by atoms with van der Waals surface area (Å²) < 4.78 is 39.4. The zero-order valence-corrected chi connectivity index (χ0v) is 21.9. The van der Waals surface area contributed by atoms with Gasteiger partial charge in [-0.05, 0) is 74.1 Å². The topological polar surface area (TPSA) is 84.9 Å². The molecule has 0 heterocycles. The predicted octanol–water partition coefficient (Wildman–Crippen LogP) is 4.57. The molecule has 1 amide bonds. The summed E-state index contributed by atoms with van der Waals surface area (Å²) in [6.07, 6.45) is 3.28. The van der Waals surface area contributed by atoms with Crippen molar-refractivity contribution >= 4 is 21.6 Å². The van der Waals surface area contributed by atoms with Gasteiger partial charge in [0.25, 0.3) is 10.0 Å². The molecule has 0 fully saturated rings. The van der Waals surface area contributed by atoms with Gasteiger partial charge in [-0.3, -0.25) is 9.10 Å². The fourth-order valence-electron chi connectivity index (χ4n) is 4.49. The maximum atomic E-state index is 13.8. The van der Waals surface area contributed by atoms with Gasteiger partial charge < -0.3 is 14.8 Å². The molecule has 0 unspecified atom stereocenters. The van der Waals surface area contributed by atoms with Crippen LogP contribution in [0.3, 0.4) is 0 Å². The van der Waals surface area contributed by atoms with E-state index in [1.807, 2.05) is 19.9 Å². The van der Waals surface area contributed by atoms with Gasteiger partial charge >= 0.3 is 0 Å². The van der Waals surface area contributed by atoms with Gasteiger partial charge in [0.1, 0.15) is 18.0 Å². The minimum absolute atomic E-state index is 0.0810. The first kappa shape index (κ1) is 25.6. The number of sulfonamides is 1. The molecule has 1 N–H and O–H groups in total. The first-order valence-electron chi connectivity index (χ1n) is 12.0. The van der Waals surface area contributed by atoms with Gasteiger partial charge in [-0.25, -0.2) is 8.42 Å². The summed E-state index contributed by atoms with van der Waals surface area (Å²) in [5.41, 5.74) is 4.82. The molecule has 3 aromatic carbocycles. The second-order valence-corrected chi connectivity index (χ2v) is 10.9. The van der Waals surface area contributed by atoms with Crippen molar-refractivity contribution in [2.45, 2.75) is 44.0 Å². The number of hydrogen-bond acceptors (Lipinski definition) is 5. The van der Waals surface area contributed by atoms with Gasteiger partial charge in [-0.15, -0.1) is 0 Å². The molecule has 1 aliphatic rings. The number of methoxy groups -OCH3 is 2. The number of hydrogen-bond donors (Lipinski definition) is 1. The van der Waals surface area contributed by atoms with Crippen LogP contribution in [-0.4, -0.2) is 35.1 Å². The van der Waals surface area contributed by atoms with Crippen LogP contribution in [0.2, 0.25) is 0 Å². The van der Waals surface area contributed by atoms with E-state index in [2.05, 4.69) is 17.4 Å². The van der Waals surface area contributed by atoms with E-state index in [0.717, 1.165) is 34.7 Å². The van der Waals surface area contributed by atoms with E-state index in [1.54, 1.807) is 30.3 Å². The summed E-state index contributed by atoms with van der Waals surface area (Å²) in [5.74, 6) is 0.330. The minimum atomic E-state index is -4.10. The zero-order chi connectivity index (χ0) is 25.9. The van der Waals surface area contributed by atoms with E-state index < -0.39 is 22.5 Å². The van der Waals surface area contributed by atoms with Crippen molar-refractivity contribution in [1.82, 2.24) is 5.32 Å². The second-order valence-electron chi connectivity index (χ2n) is 9.03.